The first-order valence-corrected chi connectivity index (χ1v) is 7.33. The highest BCUT2D eigenvalue weighted by Crippen LogP contribution is 2.39. The van der Waals surface area contributed by atoms with Crippen molar-refractivity contribution in [1.29, 1.82) is 0 Å². The summed E-state index contributed by atoms with van der Waals surface area (Å²) in [6, 6.07) is 8.95. The quantitative estimate of drug-likeness (QED) is 0.898. The van der Waals surface area contributed by atoms with Gasteiger partial charge in [0.25, 0.3) is 0 Å². The van der Waals surface area contributed by atoms with Gasteiger partial charge in [0.1, 0.15) is 0 Å². The number of carbonyl (C=O) groups is 1. The topological polar surface area (TPSA) is 32.3 Å². The van der Waals surface area contributed by atoms with Crippen LogP contribution in [0.1, 0.15) is 36.8 Å². The van der Waals surface area contributed by atoms with E-state index in [-0.39, 0.29) is 5.91 Å². The average Bonchev–Trinajstić information content (AvgIpc) is 3.24. The molecule has 1 N–H and O–H groups in total. The molecule has 1 atom stereocenters. The molecule has 1 unspecified atom stereocenters. The lowest BCUT2D eigenvalue weighted by Gasteiger charge is -2.34. The molecule has 19 heavy (non-hydrogen) atoms. The largest absolute Gasteiger partial charge is 0.337 e. The number of piperazine rings is 1. The normalized spacial score (nSPS) is 23.4. The Bertz CT molecular complexity index is 450. The van der Waals surface area contributed by atoms with Gasteiger partial charge in [-0.3, -0.25) is 4.79 Å². The van der Waals surface area contributed by atoms with Crippen LogP contribution in [0, 0.1) is 0 Å². The summed E-state index contributed by atoms with van der Waals surface area (Å²) in [5.74, 6) is 1.05. The van der Waals surface area contributed by atoms with Gasteiger partial charge in [0.2, 0.25) is 5.91 Å². The lowest BCUT2D eigenvalue weighted by Crippen LogP contribution is -2.52. The van der Waals surface area contributed by atoms with Gasteiger partial charge < -0.3 is 10.2 Å². The maximum absolute atomic E-state index is 12.3. The zero-order valence-electron chi connectivity index (χ0n) is 11.6. The predicted octanol–water partition coefficient (Wildman–Crippen LogP) is 1.93. The molecule has 2 aliphatic rings. The third-order valence-electron chi connectivity index (χ3n) is 4.21. The van der Waals surface area contributed by atoms with Crippen LogP contribution in [0.15, 0.2) is 24.3 Å². The third kappa shape index (κ3) is 2.98. The highest BCUT2D eigenvalue weighted by Gasteiger charge is 2.24. The van der Waals surface area contributed by atoms with Crippen molar-refractivity contribution < 1.29 is 4.79 Å². The maximum Gasteiger partial charge on any atom is 0.227 e. The van der Waals surface area contributed by atoms with Crippen molar-refractivity contribution in [3.63, 3.8) is 0 Å². The van der Waals surface area contributed by atoms with Crippen LogP contribution < -0.4 is 5.32 Å². The van der Waals surface area contributed by atoms with Crippen LogP contribution in [0.5, 0.6) is 0 Å². The first-order chi connectivity index (χ1) is 9.24. The van der Waals surface area contributed by atoms with Gasteiger partial charge in [-0.05, 0) is 36.8 Å². The number of rotatable bonds is 3. The van der Waals surface area contributed by atoms with Crippen LogP contribution in [0.2, 0.25) is 0 Å². The number of nitrogens with one attached hydrogen (secondary N) is 1. The fourth-order valence-corrected chi connectivity index (χ4v) is 2.81. The molecule has 0 spiro atoms. The van der Waals surface area contributed by atoms with Crippen molar-refractivity contribution in [1.82, 2.24) is 10.2 Å². The molecule has 1 aromatic carbocycles. The van der Waals surface area contributed by atoms with Gasteiger partial charge in [-0.25, -0.2) is 0 Å². The lowest BCUT2D eigenvalue weighted by atomic mass is 10.0. The van der Waals surface area contributed by atoms with Crippen LogP contribution in [0.4, 0.5) is 0 Å². The first kappa shape index (κ1) is 12.7. The lowest BCUT2D eigenvalue weighted by molar-refractivity contribution is -0.133. The number of benzene rings is 1. The number of hydrogen-bond acceptors (Lipinski definition) is 2. The van der Waals surface area contributed by atoms with Gasteiger partial charge in [0, 0.05) is 25.7 Å². The van der Waals surface area contributed by atoms with E-state index in [9.17, 15) is 4.79 Å². The van der Waals surface area contributed by atoms with Crippen LogP contribution in [-0.2, 0) is 11.2 Å². The Hall–Kier alpha value is -1.35. The molecule has 0 bridgehead atoms. The Morgan fingerprint density at radius 2 is 2.05 bits per heavy atom. The summed E-state index contributed by atoms with van der Waals surface area (Å²) in [7, 11) is 0. The fraction of sp³-hybridized carbons (Fsp3) is 0.562. The fourth-order valence-electron chi connectivity index (χ4n) is 2.81. The Kier molecular flexibility index (Phi) is 3.56. The Morgan fingerprint density at radius 1 is 1.32 bits per heavy atom. The summed E-state index contributed by atoms with van der Waals surface area (Å²) in [5.41, 5.74) is 2.58. The SMILES string of the molecule is CC1CNCCN1C(=O)Cc1ccc(C2CC2)cc1. The van der Waals surface area contributed by atoms with E-state index in [2.05, 4.69) is 36.5 Å². The van der Waals surface area contributed by atoms with Crippen LogP contribution >= 0.6 is 0 Å². The van der Waals surface area contributed by atoms with Crippen molar-refractivity contribution in [2.24, 2.45) is 0 Å². The maximum atomic E-state index is 12.3. The molecule has 1 amide bonds. The van der Waals surface area contributed by atoms with E-state index >= 15 is 0 Å². The Balaban J connectivity index is 1.61. The van der Waals surface area contributed by atoms with Gasteiger partial charge >= 0.3 is 0 Å². The summed E-state index contributed by atoms with van der Waals surface area (Å²) in [6.07, 6.45) is 3.20. The standard InChI is InChI=1S/C16H22N2O/c1-12-11-17-8-9-18(12)16(19)10-13-2-4-14(5-3-13)15-6-7-15/h2-5,12,15,17H,6-11H2,1H3. The van der Waals surface area contributed by atoms with Crippen molar-refractivity contribution in [3.05, 3.63) is 35.4 Å². The zero-order valence-corrected chi connectivity index (χ0v) is 11.6. The van der Waals surface area contributed by atoms with Gasteiger partial charge in [-0.1, -0.05) is 24.3 Å². The van der Waals surface area contributed by atoms with E-state index in [1.807, 2.05) is 4.90 Å². The molecule has 1 heterocycles. The van der Waals surface area contributed by atoms with Gasteiger partial charge in [0.15, 0.2) is 0 Å². The summed E-state index contributed by atoms with van der Waals surface area (Å²) in [6.45, 7) is 4.77. The molecule has 0 aromatic heterocycles. The molecular weight excluding hydrogens is 236 g/mol. The molecule has 1 saturated heterocycles. The minimum Gasteiger partial charge on any atom is -0.337 e. The van der Waals surface area contributed by atoms with Gasteiger partial charge in [-0.15, -0.1) is 0 Å². The number of amides is 1. The second-order valence-corrected chi connectivity index (χ2v) is 5.83. The van der Waals surface area contributed by atoms with Crippen LogP contribution in [0.25, 0.3) is 0 Å². The second-order valence-electron chi connectivity index (χ2n) is 5.83. The zero-order chi connectivity index (χ0) is 13.2. The molecule has 0 radical (unpaired) electrons. The minimum absolute atomic E-state index is 0.258. The number of hydrogen-bond donors (Lipinski definition) is 1. The van der Waals surface area contributed by atoms with E-state index in [1.54, 1.807) is 0 Å². The monoisotopic (exact) mass is 258 g/mol. The molecule has 3 rings (SSSR count). The van der Waals surface area contributed by atoms with Crippen molar-refractivity contribution in [3.8, 4) is 0 Å². The number of nitrogens with zero attached hydrogens (tertiary/aromatic N) is 1. The van der Waals surface area contributed by atoms with E-state index in [4.69, 9.17) is 0 Å². The summed E-state index contributed by atoms with van der Waals surface area (Å²) < 4.78 is 0. The van der Waals surface area contributed by atoms with Crippen molar-refractivity contribution in [2.45, 2.75) is 38.1 Å². The molecule has 1 saturated carbocycles. The second kappa shape index (κ2) is 5.33. The highest BCUT2D eigenvalue weighted by atomic mass is 16.2. The van der Waals surface area contributed by atoms with E-state index in [1.165, 1.54) is 18.4 Å². The smallest absolute Gasteiger partial charge is 0.227 e. The first-order valence-electron chi connectivity index (χ1n) is 7.33. The summed E-state index contributed by atoms with van der Waals surface area (Å²) >= 11 is 0. The van der Waals surface area contributed by atoms with Crippen molar-refractivity contribution >= 4 is 5.91 Å². The van der Waals surface area contributed by atoms with Gasteiger partial charge in [0.05, 0.1) is 6.42 Å². The summed E-state index contributed by atoms with van der Waals surface area (Å²) in [4.78, 5) is 14.3. The Labute approximate surface area is 115 Å². The molecule has 1 aliphatic heterocycles. The molecule has 3 nitrogen and oxygen atoms in total. The molecule has 1 aromatic rings. The average molecular weight is 258 g/mol. The molecule has 2 fully saturated rings. The summed E-state index contributed by atoms with van der Waals surface area (Å²) in [5, 5.41) is 3.32. The predicted molar refractivity (Wildman–Crippen MR) is 76.2 cm³/mol. The molecule has 1 aliphatic carbocycles. The Morgan fingerprint density at radius 3 is 2.68 bits per heavy atom. The van der Waals surface area contributed by atoms with E-state index in [0.29, 0.717) is 12.5 Å². The number of carbonyl (C=O) groups excluding carboxylic acids is 1. The highest BCUT2D eigenvalue weighted by molar-refractivity contribution is 5.79. The van der Waals surface area contributed by atoms with E-state index < -0.39 is 0 Å². The van der Waals surface area contributed by atoms with E-state index in [0.717, 1.165) is 31.1 Å². The molecule has 3 heteroatoms. The minimum atomic E-state index is 0.258. The molecule has 102 valence electrons. The third-order valence-corrected chi connectivity index (χ3v) is 4.21. The van der Waals surface area contributed by atoms with Crippen LogP contribution in [0.3, 0.4) is 0 Å². The molecular formula is C16H22N2O. The van der Waals surface area contributed by atoms with Crippen LogP contribution in [-0.4, -0.2) is 36.5 Å². The van der Waals surface area contributed by atoms with Crippen molar-refractivity contribution in [2.75, 3.05) is 19.6 Å². The van der Waals surface area contributed by atoms with Gasteiger partial charge in [-0.2, -0.15) is 0 Å².